The second kappa shape index (κ2) is 5.03. The van der Waals surface area contributed by atoms with Crippen molar-refractivity contribution < 1.29 is 18.0 Å². The van der Waals surface area contributed by atoms with Gasteiger partial charge in [0, 0.05) is 11.4 Å². The van der Waals surface area contributed by atoms with Crippen LogP contribution < -0.4 is 11.1 Å². The van der Waals surface area contributed by atoms with Crippen LogP contribution in [0.15, 0.2) is 0 Å². The molecular formula is C12H15F3N2OS. The summed E-state index contributed by atoms with van der Waals surface area (Å²) in [4.78, 5) is 12.5. The number of anilines is 1. The highest BCUT2D eigenvalue weighted by Gasteiger charge is 2.42. The molecule has 1 atom stereocenters. The second-order valence-corrected chi connectivity index (χ2v) is 5.72. The minimum Gasteiger partial charge on any atom is -0.390 e. The summed E-state index contributed by atoms with van der Waals surface area (Å²) in [6.07, 6.45) is -3.95. The van der Waals surface area contributed by atoms with Crippen molar-refractivity contribution in [2.75, 3.05) is 12.3 Å². The number of nitrogens with two attached hydrogens (primary N) is 1. The number of fused-ring (bicyclic) bond motifs is 1. The van der Waals surface area contributed by atoms with Gasteiger partial charge in [-0.1, -0.05) is 0 Å². The van der Waals surface area contributed by atoms with Crippen molar-refractivity contribution in [2.45, 2.75) is 32.4 Å². The van der Waals surface area contributed by atoms with Gasteiger partial charge in [0.05, 0.1) is 16.5 Å². The van der Waals surface area contributed by atoms with Gasteiger partial charge in [-0.05, 0) is 31.7 Å². The summed E-state index contributed by atoms with van der Waals surface area (Å²) in [6, 6.07) is 0. The van der Waals surface area contributed by atoms with Crippen LogP contribution in [0, 0.1) is 5.92 Å². The molecule has 0 spiro atoms. The third-order valence-corrected chi connectivity index (χ3v) is 4.40. The summed E-state index contributed by atoms with van der Waals surface area (Å²) in [6.45, 7) is 2.25. The number of amides is 1. The van der Waals surface area contributed by atoms with Crippen molar-refractivity contribution in [1.29, 1.82) is 0 Å². The number of thiophene rings is 1. The molecule has 0 fully saturated rings. The second-order valence-electron chi connectivity index (χ2n) is 4.58. The molecule has 0 saturated carbocycles. The molecule has 1 aliphatic carbocycles. The SMILES string of the molecule is CCNC(=O)c1c(N)sc2c1CCC(C(F)(F)F)C2. The number of carbonyl (C=O) groups excluding carboxylic acids is 1. The van der Waals surface area contributed by atoms with E-state index in [1.54, 1.807) is 6.92 Å². The molecule has 19 heavy (non-hydrogen) atoms. The Labute approximate surface area is 113 Å². The third kappa shape index (κ3) is 2.70. The Balaban J connectivity index is 2.30. The van der Waals surface area contributed by atoms with Gasteiger partial charge < -0.3 is 11.1 Å². The van der Waals surface area contributed by atoms with Gasteiger partial charge in [-0.15, -0.1) is 11.3 Å². The number of nitrogens with one attached hydrogen (secondary N) is 1. The van der Waals surface area contributed by atoms with Crippen molar-refractivity contribution in [3.05, 3.63) is 16.0 Å². The molecule has 7 heteroatoms. The fraction of sp³-hybridized carbons (Fsp3) is 0.583. The Morgan fingerprint density at radius 2 is 2.21 bits per heavy atom. The molecule has 1 unspecified atom stereocenters. The average Bonchev–Trinajstić information content (AvgIpc) is 2.62. The lowest BCUT2D eigenvalue weighted by atomic mass is 9.86. The molecule has 1 amide bonds. The minimum atomic E-state index is -4.18. The van der Waals surface area contributed by atoms with Crippen LogP contribution >= 0.6 is 11.3 Å². The summed E-state index contributed by atoms with van der Waals surface area (Å²) < 4.78 is 38.1. The van der Waals surface area contributed by atoms with E-state index in [4.69, 9.17) is 5.73 Å². The van der Waals surface area contributed by atoms with Gasteiger partial charge in [0.25, 0.3) is 5.91 Å². The Hall–Kier alpha value is -1.24. The molecule has 0 aliphatic heterocycles. The number of carbonyl (C=O) groups is 1. The average molecular weight is 292 g/mol. The van der Waals surface area contributed by atoms with E-state index < -0.39 is 12.1 Å². The monoisotopic (exact) mass is 292 g/mol. The first kappa shape index (κ1) is 14.2. The van der Waals surface area contributed by atoms with Crippen molar-refractivity contribution in [1.82, 2.24) is 5.32 Å². The third-order valence-electron chi connectivity index (χ3n) is 3.32. The first-order valence-corrected chi connectivity index (χ1v) is 6.91. The van der Waals surface area contributed by atoms with E-state index in [2.05, 4.69) is 5.32 Å². The van der Waals surface area contributed by atoms with E-state index in [1.807, 2.05) is 0 Å². The van der Waals surface area contributed by atoms with Crippen molar-refractivity contribution in [3.63, 3.8) is 0 Å². The van der Waals surface area contributed by atoms with E-state index in [0.717, 1.165) is 11.3 Å². The number of nitrogen functional groups attached to an aromatic ring is 1. The van der Waals surface area contributed by atoms with Crippen LogP contribution in [-0.4, -0.2) is 18.6 Å². The van der Waals surface area contributed by atoms with Crippen molar-refractivity contribution in [3.8, 4) is 0 Å². The standard InChI is InChI=1S/C12H15F3N2OS/c1-2-17-11(18)9-7-4-3-6(12(13,14)15)5-8(7)19-10(9)16/h6H,2-5,16H2,1H3,(H,17,18). The molecule has 1 aliphatic rings. The Bertz CT molecular complexity index is 496. The Kier molecular flexibility index (Phi) is 3.75. The summed E-state index contributed by atoms with van der Waals surface area (Å²) in [7, 11) is 0. The van der Waals surface area contributed by atoms with Crippen LogP contribution in [0.1, 0.15) is 34.1 Å². The van der Waals surface area contributed by atoms with Crippen LogP contribution in [0.25, 0.3) is 0 Å². The van der Waals surface area contributed by atoms with Gasteiger partial charge in [0.1, 0.15) is 0 Å². The molecule has 0 saturated heterocycles. The fourth-order valence-corrected chi connectivity index (χ4v) is 3.58. The van der Waals surface area contributed by atoms with Gasteiger partial charge >= 0.3 is 6.18 Å². The number of hydrogen-bond donors (Lipinski definition) is 2. The van der Waals surface area contributed by atoms with Gasteiger partial charge in [-0.3, -0.25) is 4.79 Å². The minimum absolute atomic E-state index is 0.0269. The van der Waals surface area contributed by atoms with Gasteiger partial charge in [-0.2, -0.15) is 13.2 Å². The van der Waals surface area contributed by atoms with Gasteiger partial charge in [0.2, 0.25) is 0 Å². The highest BCUT2D eigenvalue weighted by Crippen LogP contribution is 2.42. The van der Waals surface area contributed by atoms with E-state index in [0.29, 0.717) is 27.5 Å². The molecule has 0 radical (unpaired) electrons. The molecule has 2 rings (SSSR count). The molecule has 3 nitrogen and oxygen atoms in total. The van der Waals surface area contributed by atoms with E-state index in [9.17, 15) is 18.0 Å². The molecule has 0 aromatic carbocycles. The van der Waals surface area contributed by atoms with Crippen LogP contribution in [0.3, 0.4) is 0 Å². The van der Waals surface area contributed by atoms with Gasteiger partial charge in [-0.25, -0.2) is 0 Å². The molecule has 1 heterocycles. The molecule has 106 valence electrons. The lowest BCUT2D eigenvalue weighted by molar-refractivity contribution is -0.176. The molecule has 1 aromatic rings. The molecular weight excluding hydrogens is 277 g/mol. The zero-order valence-corrected chi connectivity index (χ0v) is 11.3. The maximum Gasteiger partial charge on any atom is 0.392 e. The molecule has 1 aromatic heterocycles. The maximum absolute atomic E-state index is 12.7. The highest BCUT2D eigenvalue weighted by atomic mass is 32.1. The summed E-state index contributed by atoms with van der Waals surface area (Å²) in [5, 5.41) is 2.96. The first-order chi connectivity index (χ1) is 8.84. The van der Waals surface area contributed by atoms with Gasteiger partial charge in [0.15, 0.2) is 0 Å². The normalized spacial score (nSPS) is 19.1. The summed E-state index contributed by atoms with van der Waals surface area (Å²) in [5.74, 6) is -1.61. The van der Waals surface area contributed by atoms with E-state index in [-0.39, 0.29) is 25.2 Å². The molecule has 3 N–H and O–H groups in total. The van der Waals surface area contributed by atoms with Crippen LogP contribution in [-0.2, 0) is 12.8 Å². The highest BCUT2D eigenvalue weighted by molar-refractivity contribution is 7.16. The number of halogens is 3. The first-order valence-electron chi connectivity index (χ1n) is 6.09. The van der Waals surface area contributed by atoms with E-state index >= 15 is 0 Å². The lowest BCUT2D eigenvalue weighted by Crippen LogP contribution is -2.29. The predicted molar refractivity (Wildman–Crippen MR) is 68.3 cm³/mol. The van der Waals surface area contributed by atoms with Crippen LogP contribution in [0.2, 0.25) is 0 Å². The number of hydrogen-bond acceptors (Lipinski definition) is 3. The smallest absolute Gasteiger partial charge is 0.390 e. The maximum atomic E-state index is 12.7. The predicted octanol–water partition coefficient (Wildman–Crippen LogP) is 2.75. The van der Waals surface area contributed by atoms with Crippen LogP contribution in [0.4, 0.5) is 18.2 Å². The fourth-order valence-electron chi connectivity index (χ4n) is 2.38. The zero-order chi connectivity index (χ0) is 14.2. The van der Waals surface area contributed by atoms with E-state index in [1.165, 1.54) is 0 Å². The Morgan fingerprint density at radius 1 is 1.53 bits per heavy atom. The number of alkyl halides is 3. The largest absolute Gasteiger partial charge is 0.392 e. The lowest BCUT2D eigenvalue weighted by Gasteiger charge is -2.24. The van der Waals surface area contributed by atoms with Crippen molar-refractivity contribution >= 4 is 22.2 Å². The van der Waals surface area contributed by atoms with Crippen molar-refractivity contribution in [2.24, 2.45) is 5.92 Å². The topological polar surface area (TPSA) is 55.1 Å². The molecule has 0 bridgehead atoms. The summed E-state index contributed by atoms with van der Waals surface area (Å²) >= 11 is 1.11. The quantitative estimate of drug-likeness (QED) is 0.880. The zero-order valence-electron chi connectivity index (χ0n) is 10.4. The number of rotatable bonds is 2. The Morgan fingerprint density at radius 3 is 2.79 bits per heavy atom. The van der Waals surface area contributed by atoms with Crippen LogP contribution in [0.5, 0.6) is 0 Å². The summed E-state index contributed by atoms with van der Waals surface area (Å²) in [5.41, 5.74) is 6.86.